The third-order valence-electron chi connectivity index (χ3n) is 4.80. The normalized spacial score (nSPS) is 12.8. The molecule has 0 saturated carbocycles. The van der Waals surface area contributed by atoms with Crippen molar-refractivity contribution in [3.8, 4) is 6.07 Å². The Morgan fingerprint density at radius 3 is 2.54 bits per heavy atom. The standard InChI is InChI=1S/C23H23N3OS/c1-3-17-10-12-18(13-11-17)22(21-9-6-14-28-21)25-16(2)23(27)26-20-8-5-4-7-19(20)15-24/h4-14,16,22,25H,3H2,1-2H3,(H,26,27)/p+1/t16-,22+/m0/s1. The first-order valence-corrected chi connectivity index (χ1v) is 10.3. The second kappa shape index (κ2) is 9.32. The number of quaternary nitrogens is 1. The molecule has 0 unspecified atom stereocenters. The molecule has 0 saturated heterocycles. The lowest BCUT2D eigenvalue weighted by atomic mass is 10.0. The second-order valence-electron chi connectivity index (χ2n) is 6.72. The summed E-state index contributed by atoms with van der Waals surface area (Å²) < 4.78 is 0. The van der Waals surface area contributed by atoms with E-state index in [9.17, 15) is 10.1 Å². The molecule has 0 radical (unpaired) electrons. The average molecular weight is 391 g/mol. The summed E-state index contributed by atoms with van der Waals surface area (Å²) in [5.74, 6) is -0.116. The van der Waals surface area contributed by atoms with E-state index in [1.807, 2.05) is 19.1 Å². The predicted octanol–water partition coefficient (Wildman–Crippen LogP) is 3.86. The van der Waals surface area contributed by atoms with E-state index < -0.39 is 0 Å². The lowest BCUT2D eigenvalue weighted by Gasteiger charge is -2.20. The van der Waals surface area contributed by atoms with Crippen LogP contribution in [0.2, 0.25) is 0 Å². The molecule has 0 aliphatic rings. The summed E-state index contributed by atoms with van der Waals surface area (Å²) in [6, 6.07) is 21.7. The summed E-state index contributed by atoms with van der Waals surface area (Å²) in [5.41, 5.74) is 3.49. The quantitative estimate of drug-likeness (QED) is 0.643. The molecule has 2 atom stereocenters. The lowest BCUT2D eigenvalue weighted by molar-refractivity contribution is -0.703. The van der Waals surface area contributed by atoms with Gasteiger partial charge in [-0.2, -0.15) is 5.26 Å². The molecule has 28 heavy (non-hydrogen) atoms. The molecule has 3 rings (SSSR count). The first-order chi connectivity index (χ1) is 13.6. The van der Waals surface area contributed by atoms with Gasteiger partial charge in [0.15, 0.2) is 6.04 Å². The van der Waals surface area contributed by atoms with Crippen LogP contribution in [-0.2, 0) is 11.2 Å². The number of thiophene rings is 1. The summed E-state index contributed by atoms with van der Waals surface area (Å²) in [5, 5.41) is 16.3. The molecule has 3 aromatic rings. The fourth-order valence-corrected chi connectivity index (χ4v) is 3.94. The van der Waals surface area contributed by atoms with Gasteiger partial charge in [-0.15, -0.1) is 11.3 Å². The largest absolute Gasteiger partial charge is 0.326 e. The summed E-state index contributed by atoms with van der Waals surface area (Å²) in [6.45, 7) is 4.04. The van der Waals surface area contributed by atoms with Crippen molar-refractivity contribution in [2.24, 2.45) is 0 Å². The molecule has 3 N–H and O–H groups in total. The third kappa shape index (κ3) is 4.66. The van der Waals surface area contributed by atoms with E-state index >= 15 is 0 Å². The minimum atomic E-state index is -0.315. The number of para-hydroxylation sites is 1. The van der Waals surface area contributed by atoms with Crippen molar-refractivity contribution in [1.29, 1.82) is 5.26 Å². The molecule has 1 amide bonds. The van der Waals surface area contributed by atoms with Gasteiger partial charge in [-0.25, -0.2) is 0 Å². The molecule has 1 heterocycles. The van der Waals surface area contributed by atoms with E-state index in [-0.39, 0.29) is 18.0 Å². The van der Waals surface area contributed by atoms with Gasteiger partial charge in [0.2, 0.25) is 0 Å². The molecular weight excluding hydrogens is 366 g/mol. The van der Waals surface area contributed by atoms with Crippen LogP contribution < -0.4 is 10.6 Å². The van der Waals surface area contributed by atoms with Gasteiger partial charge >= 0.3 is 0 Å². The average Bonchev–Trinajstić information content (AvgIpc) is 3.27. The van der Waals surface area contributed by atoms with Crippen molar-refractivity contribution in [3.05, 3.63) is 87.6 Å². The van der Waals surface area contributed by atoms with E-state index in [0.29, 0.717) is 11.3 Å². The molecule has 5 heteroatoms. The number of hydrogen-bond donors (Lipinski definition) is 2. The number of nitriles is 1. The van der Waals surface area contributed by atoms with Crippen LogP contribution in [0.1, 0.15) is 41.5 Å². The zero-order chi connectivity index (χ0) is 19.9. The van der Waals surface area contributed by atoms with E-state index in [1.165, 1.54) is 16.0 Å². The Morgan fingerprint density at radius 2 is 1.89 bits per heavy atom. The number of hydrogen-bond acceptors (Lipinski definition) is 3. The highest BCUT2D eigenvalue weighted by Gasteiger charge is 2.26. The Kier molecular flexibility index (Phi) is 6.59. The van der Waals surface area contributed by atoms with Gasteiger partial charge in [0.05, 0.1) is 16.1 Å². The molecule has 0 spiro atoms. The monoisotopic (exact) mass is 390 g/mol. The van der Waals surface area contributed by atoms with Crippen LogP contribution in [-0.4, -0.2) is 11.9 Å². The maximum Gasteiger partial charge on any atom is 0.282 e. The fourth-order valence-electron chi connectivity index (χ4n) is 3.11. The Labute approximate surface area is 169 Å². The second-order valence-corrected chi connectivity index (χ2v) is 7.70. The summed E-state index contributed by atoms with van der Waals surface area (Å²) in [4.78, 5) is 14.0. The molecule has 4 nitrogen and oxygen atoms in total. The van der Waals surface area contributed by atoms with E-state index in [1.54, 1.807) is 29.5 Å². The number of rotatable bonds is 7. The Hall–Kier alpha value is -2.94. The zero-order valence-electron chi connectivity index (χ0n) is 16.1. The van der Waals surface area contributed by atoms with Crippen LogP contribution in [0.4, 0.5) is 5.69 Å². The maximum atomic E-state index is 12.8. The lowest BCUT2D eigenvalue weighted by Crippen LogP contribution is -2.92. The van der Waals surface area contributed by atoms with E-state index in [0.717, 1.165) is 6.42 Å². The molecule has 2 aromatic carbocycles. The molecule has 0 bridgehead atoms. The van der Waals surface area contributed by atoms with Crippen molar-refractivity contribution in [2.45, 2.75) is 32.4 Å². The number of nitrogens with one attached hydrogen (secondary N) is 1. The van der Waals surface area contributed by atoms with E-state index in [2.05, 4.69) is 59.3 Å². The first-order valence-electron chi connectivity index (χ1n) is 9.39. The molecule has 0 aliphatic carbocycles. The Bertz CT molecular complexity index is 958. The number of benzene rings is 2. The van der Waals surface area contributed by atoms with Crippen LogP contribution in [0, 0.1) is 11.3 Å². The van der Waals surface area contributed by atoms with Gasteiger partial charge in [0.1, 0.15) is 12.1 Å². The molecular formula is C23H24N3OS+. The van der Waals surface area contributed by atoms with Gasteiger partial charge in [-0.1, -0.05) is 49.4 Å². The molecule has 0 aliphatic heterocycles. The van der Waals surface area contributed by atoms with Crippen LogP contribution in [0.15, 0.2) is 66.0 Å². The minimum absolute atomic E-state index is 0.0536. The SMILES string of the molecule is CCc1ccc([C@@H]([NH2+][C@@H](C)C(=O)Nc2ccccc2C#N)c2cccs2)cc1. The van der Waals surface area contributed by atoms with Crippen molar-refractivity contribution in [3.63, 3.8) is 0 Å². The highest BCUT2D eigenvalue weighted by atomic mass is 32.1. The van der Waals surface area contributed by atoms with Crippen LogP contribution in [0.5, 0.6) is 0 Å². The first kappa shape index (κ1) is 19.8. The zero-order valence-corrected chi connectivity index (χ0v) is 16.9. The number of aryl methyl sites for hydroxylation is 1. The highest BCUT2D eigenvalue weighted by molar-refractivity contribution is 7.10. The number of carbonyl (C=O) groups excluding carboxylic acids is 1. The number of anilines is 1. The number of amides is 1. The van der Waals surface area contributed by atoms with Gasteiger partial charge in [-0.3, -0.25) is 4.79 Å². The topological polar surface area (TPSA) is 69.5 Å². The van der Waals surface area contributed by atoms with Crippen LogP contribution in [0.25, 0.3) is 0 Å². The van der Waals surface area contributed by atoms with Crippen molar-refractivity contribution in [1.82, 2.24) is 0 Å². The Balaban J connectivity index is 1.78. The van der Waals surface area contributed by atoms with Gasteiger partial charge < -0.3 is 10.6 Å². The smallest absolute Gasteiger partial charge is 0.282 e. The highest BCUT2D eigenvalue weighted by Crippen LogP contribution is 2.23. The van der Waals surface area contributed by atoms with Crippen LogP contribution >= 0.6 is 11.3 Å². The summed E-state index contributed by atoms with van der Waals surface area (Å²) in [6.07, 6.45) is 1.00. The molecule has 142 valence electrons. The van der Waals surface area contributed by atoms with E-state index in [4.69, 9.17) is 0 Å². The third-order valence-corrected chi connectivity index (χ3v) is 5.75. The van der Waals surface area contributed by atoms with Crippen molar-refractivity contribution in [2.75, 3.05) is 5.32 Å². The number of nitrogens with zero attached hydrogens (tertiary/aromatic N) is 1. The van der Waals surface area contributed by atoms with Crippen molar-refractivity contribution < 1.29 is 10.1 Å². The fraction of sp³-hybridized carbons (Fsp3) is 0.217. The van der Waals surface area contributed by atoms with Gasteiger partial charge in [-0.05, 0) is 42.5 Å². The predicted molar refractivity (Wildman–Crippen MR) is 113 cm³/mol. The maximum absolute atomic E-state index is 12.8. The summed E-state index contributed by atoms with van der Waals surface area (Å²) >= 11 is 1.69. The Morgan fingerprint density at radius 1 is 1.14 bits per heavy atom. The molecule has 1 aromatic heterocycles. The van der Waals surface area contributed by atoms with Crippen LogP contribution in [0.3, 0.4) is 0 Å². The summed E-state index contributed by atoms with van der Waals surface area (Å²) in [7, 11) is 0. The minimum Gasteiger partial charge on any atom is -0.326 e. The van der Waals surface area contributed by atoms with Gasteiger partial charge in [0, 0.05) is 5.56 Å². The van der Waals surface area contributed by atoms with Gasteiger partial charge in [0.25, 0.3) is 5.91 Å². The number of carbonyl (C=O) groups is 1. The van der Waals surface area contributed by atoms with Crippen molar-refractivity contribution >= 4 is 22.9 Å². The molecule has 0 fully saturated rings. The number of nitrogens with two attached hydrogens (primary N) is 1.